The van der Waals surface area contributed by atoms with Gasteiger partial charge in [0.15, 0.2) is 0 Å². The molecule has 1 unspecified atom stereocenters. The Balaban J connectivity index is 3.26. The number of methoxy groups -OCH3 is 1. The SMILES string of the molecule is CCCNC(c1cc(C)ccc1F)C(CC)(CC)OC. The maximum Gasteiger partial charge on any atom is 0.128 e. The first-order chi connectivity index (χ1) is 9.54. The Morgan fingerprint density at radius 3 is 2.40 bits per heavy atom. The van der Waals surface area contributed by atoms with E-state index in [1.165, 1.54) is 0 Å². The van der Waals surface area contributed by atoms with Gasteiger partial charge in [0.2, 0.25) is 0 Å². The van der Waals surface area contributed by atoms with Gasteiger partial charge < -0.3 is 10.1 Å². The first-order valence-electron chi connectivity index (χ1n) is 7.59. The zero-order valence-electron chi connectivity index (χ0n) is 13.4. The average molecular weight is 281 g/mol. The summed E-state index contributed by atoms with van der Waals surface area (Å²) in [5, 5.41) is 3.48. The van der Waals surface area contributed by atoms with Crippen LogP contribution < -0.4 is 5.32 Å². The maximum atomic E-state index is 14.3. The molecule has 0 saturated heterocycles. The van der Waals surface area contributed by atoms with Crippen molar-refractivity contribution >= 4 is 0 Å². The molecule has 0 fully saturated rings. The molecule has 1 aromatic carbocycles. The third-order valence-electron chi connectivity index (χ3n) is 4.19. The van der Waals surface area contributed by atoms with Crippen LogP contribution >= 0.6 is 0 Å². The number of nitrogens with one attached hydrogen (secondary N) is 1. The van der Waals surface area contributed by atoms with Crippen LogP contribution in [-0.2, 0) is 4.74 Å². The van der Waals surface area contributed by atoms with E-state index in [9.17, 15) is 4.39 Å². The topological polar surface area (TPSA) is 21.3 Å². The van der Waals surface area contributed by atoms with Crippen molar-refractivity contribution in [3.05, 3.63) is 35.1 Å². The van der Waals surface area contributed by atoms with E-state index in [-0.39, 0.29) is 17.5 Å². The number of aryl methyl sites for hydroxylation is 1. The van der Waals surface area contributed by atoms with Crippen LogP contribution in [-0.4, -0.2) is 19.3 Å². The predicted octanol–water partition coefficient (Wildman–Crippen LogP) is 4.38. The summed E-state index contributed by atoms with van der Waals surface area (Å²) < 4.78 is 20.1. The molecule has 1 atom stereocenters. The quantitative estimate of drug-likeness (QED) is 0.763. The van der Waals surface area contributed by atoms with E-state index >= 15 is 0 Å². The van der Waals surface area contributed by atoms with Gasteiger partial charge in [-0.2, -0.15) is 0 Å². The van der Waals surface area contributed by atoms with Gasteiger partial charge in [0.25, 0.3) is 0 Å². The fourth-order valence-electron chi connectivity index (χ4n) is 2.82. The summed E-state index contributed by atoms with van der Waals surface area (Å²) in [7, 11) is 1.72. The molecular weight excluding hydrogens is 253 g/mol. The second kappa shape index (κ2) is 7.75. The molecule has 0 aliphatic carbocycles. The molecule has 0 spiro atoms. The van der Waals surface area contributed by atoms with Crippen LogP contribution in [0.4, 0.5) is 4.39 Å². The average Bonchev–Trinajstić information content (AvgIpc) is 2.47. The van der Waals surface area contributed by atoms with Gasteiger partial charge in [-0.15, -0.1) is 0 Å². The van der Waals surface area contributed by atoms with Crippen molar-refractivity contribution in [1.29, 1.82) is 0 Å². The summed E-state index contributed by atoms with van der Waals surface area (Å²) in [4.78, 5) is 0. The number of benzene rings is 1. The Morgan fingerprint density at radius 1 is 1.25 bits per heavy atom. The zero-order valence-corrected chi connectivity index (χ0v) is 13.4. The van der Waals surface area contributed by atoms with E-state index in [2.05, 4.69) is 26.1 Å². The molecule has 0 amide bonds. The van der Waals surface area contributed by atoms with Crippen molar-refractivity contribution in [1.82, 2.24) is 5.32 Å². The number of hydrogen-bond acceptors (Lipinski definition) is 2. The van der Waals surface area contributed by atoms with Crippen molar-refractivity contribution < 1.29 is 9.13 Å². The van der Waals surface area contributed by atoms with Crippen molar-refractivity contribution in [2.75, 3.05) is 13.7 Å². The van der Waals surface area contributed by atoms with Crippen LogP contribution in [0.1, 0.15) is 57.2 Å². The van der Waals surface area contributed by atoms with Gasteiger partial charge in [-0.25, -0.2) is 4.39 Å². The van der Waals surface area contributed by atoms with E-state index in [0.29, 0.717) is 5.56 Å². The second-order valence-electron chi connectivity index (χ2n) is 5.39. The Morgan fingerprint density at radius 2 is 1.90 bits per heavy atom. The summed E-state index contributed by atoms with van der Waals surface area (Å²) in [5.74, 6) is -0.160. The van der Waals surface area contributed by atoms with Crippen LogP contribution in [0.3, 0.4) is 0 Å². The number of ether oxygens (including phenoxy) is 1. The van der Waals surface area contributed by atoms with Gasteiger partial charge in [-0.05, 0) is 38.8 Å². The third kappa shape index (κ3) is 3.58. The molecule has 0 radical (unpaired) electrons. The minimum Gasteiger partial charge on any atom is -0.376 e. The molecule has 2 nitrogen and oxygen atoms in total. The molecule has 0 heterocycles. The van der Waals surface area contributed by atoms with E-state index in [4.69, 9.17) is 4.74 Å². The normalized spacial score (nSPS) is 13.5. The molecule has 114 valence electrons. The highest BCUT2D eigenvalue weighted by molar-refractivity contribution is 5.29. The highest BCUT2D eigenvalue weighted by Crippen LogP contribution is 2.36. The molecule has 1 N–H and O–H groups in total. The van der Waals surface area contributed by atoms with Crippen LogP contribution in [0.25, 0.3) is 0 Å². The Bertz CT molecular complexity index is 407. The lowest BCUT2D eigenvalue weighted by Crippen LogP contribution is -2.45. The summed E-state index contributed by atoms with van der Waals surface area (Å²) in [5.41, 5.74) is 1.41. The monoisotopic (exact) mass is 281 g/mol. The van der Waals surface area contributed by atoms with E-state index < -0.39 is 0 Å². The van der Waals surface area contributed by atoms with E-state index in [0.717, 1.165) is 31.4 Å². The molecule has 20 heavy (non-hydrogen) atoms. The highest BCUT2D eigenvalue weighted by Gasteiger charge is 2.37. The van der Waals surface area contributed by atoms with Gasteiger partial charge in [-0.1, -0.05) is 38.5 Å². The fourth-order valence-corrected chi connectivity index (χ4v) is 2.82. The summed E-state index contributed by atoms with van der Waals surface area (Å²) in [6.07, 6.45) is 2.70. The van der Waals surface area contributed by atoms with Crippen LogP contribution in [0.5, 0.6) is 0 Å². The number of rotatable bonds is 8. The highest BCUT2D eigenvalue weighted by atomic mass is 19.1. The summed E-state index contributed by atoms with van der Waals surface area (Å²) in [6, 6.07) is 5.17. The zero-order chi connectivity index (χ0) is 15.2. The molecular formula is C17H28FNO. The molecule has 0 saturated carbocycles. The second-order valence-corrected chi connectivity index (χ2v) is 5.39. The molecule has 0 aliphatic heterocycles. The lowest BCUT2D eigenvalue weighted by atomic mass is 9.83. The Kier molecular flexibility index (Phi) is 6.63. The molecule has 0 bridgehead atoms. The Labute approximate surface area is 122 Å². The summed E-state index contributed by atoms with van der Waals surface area (Å²) >= 11 is 0. The molecule has 1 rings (SSSR count). The van der Waals surface area contributed by atoms with Crippen molar-refractivity contribution in [2.24, 2.45) is 0 Å². The first kappa shape index (κ1) is 17.1. The predicted molar refractivity (Wildman–Crippen MR) is 82.5 cm³/mol. The fraction of sp³-hybridized carbons (Fsp3) is 0.647. The molecule has 0 aromatic heterocycles. The Hall–Kier alpha value is -0.930. The van der Waals surface area contributed by atoms with Crippen molar-refractivity contribution in [3.63, 3.8) is 0 Å². The van der Waals surface area contributed by atoms with Crippen LogP contribution in [0.2, 0.25) is 0 Å². The maximum absolute atomic E-state index is 14.3. The van der Waals surface area contributed by atoms with Gasteiger partial charge in [0.05, 0.1) is 11.6 Å². The minimum absolute atomic E-state index is 0.123. The lowest BCUT2D eigenvalue weighted by molar-refractivity contribution is -0.0493. The lowest BCUT2D eigenvalue weighted by Gasteiger charge is -2.39. The number of halogens is 1. The van der Waals surface area contributed by atoms with Crippen LogP contribution in [0, 0.1) is 12.7 Å². The number of hydrogen-bond donors (Lipinski definition) is 1. The van der Waals surface area contributed by atoms with Gasteiger partial charge in [0, 0.05) is 12.7 Å². The standard InChI is InChI=1S/C17H28FNO/c1-6-11-19-16(17(7-2,8-3)20-5)14-12-13(4)9-10-15(14)18/h9-10,12,16,19H,6-8,11H2,1-5H3. The van der Waals surface area contributed by atoms with E-state index in [1.54, 1.807) is 13.2 Å². The van der Waals surface area contributed by atoms with Gasteiger partial charge in [-0.3, -0.25) is 0 Å². The molecule has 0 aliphatic rings. The van der Waals surface area contributed by atoms with Crippen molar-refractivity contribution in [3.8, 4) is 0 Å². The summed E-state index contributed by atoms with van der Waals surface area (Å²) in [6.45, 7) is 9.15. The van der Waals surface area contributed by atoms with Gasteiger partial charge >= 0.3 is 0 Å². The van der Waals surface area contributed by atoms with E-state index in [1.807, 2.05) is 19.1 Å². The van der Waals surface area contributed by atoms with Crippen molar-refractivity contribution in [2.45, 2.75) is 58.6 Å². The third-order valence-corrected chi connectivity index (χ3v) is 4.19. The van der Waals surface area contributed by atoms with Crippen LogP contribution in [0.15, 0.2) is 18.2 Å². The molecule has 3 heteroatoms. The van der Waals surface area contributed by atoms with Gasteiger partial charge in [0.1, 0.15) is 5.82 Å². The minimum atomic E-state index is -0.371. The first-order valence-corrected chi connectivity index (χ1v) is 7.59. The molecule has 1 aromatic rings. The smallest absolute Gasteiger partial charge is 0.128 e. The largest absolute Gasteiger partial charge is 0.376 e.